The van der Waals surface area contributed by atoms with Gasteiger partial charge >= 0.3 is 0 Å². The Bertz CT molecular complexity index is 392. The Morgan fingerprint density at radius 3 is 2.83 bits per heavy atom. The summed E-state index contributed by atoms with van der Waals surface area (Å²) in [5, 5.41) is 4.09. The van der Waals surface area contributed by atoms with Crippen molar-refractivity contribution in [3.63, 3.8) is 0 Å². The molecule has 0 atom stereocenters. The van der Waals surface area contributed by atoms with Gasteiger partial charge in [-0.3, -0.25) is 0 Å². The Hall–Kier alpha value is -1.65. The third kappa shape index (κ3) is 0.827. The van der Waals surface area contributed by atoms with E-state index < -0.39 is 0 Å². The number of anilines is 1. The summed E-state index contributed by atoms with van der Waals surface area (Å²) in [6.45, 7) is 3.75. The van der Waals surface area contributed by atoms with Gasteiger partial charge in [-0.15, -0.1) is 5.10 Å². The molecule has 12 heavy (non-hydrogen) atoms. The minimum atomic E-state index is 0.371. The fourth-order valence-electron chi connectivity index (χ4n) is 1.11. The van der Waals surface area contributed by atoms with E-state index in [0.29, 0.717) is 11.8 Å². The summed E-state index contributed by atoms with van der Waals surface area (Å²) < 4.78 is 1.55. The maximum atomic E-state index is 5.59. The predicted octanol–water partition coefficient (Wildman–Crippen LogP) is 0.323. The Kier molecular flexibility index (Phi) is 1.27. The number of nitrogen functional groups attached to an aromatic ring is 1. The molecule has 5 heteroatoms. The Labute approximate surface area is 69.2 Å². The molecule has 0 fully saturated rings. The molecule has 2 rings (SSSR count). The summed E-state index contributed by atoms with van der Waals surface area (Å²) in [6.07, 6.45) is 1.69. The van der Waals surface area contributed by atoms with Crippen LogP contribution in [-0.2, 0) is 0 Å². The molecule has 0 aliphatic carbocycles. The molecule has 0 aromatic carbocycles. The number of fused-ring (bicyclic) bond motifs is 1. The molecular weight excluding hydrogens is 154 g/mol. The summed E-state index contributed by atoms with van der Waals surface area (Å²) in [6, 6.07) is 0. The maximum absolute atomic E-state index is 5.59. The lowest BCUT2D eigenvalue weighted by Crippen LogP contribution is -2.02. The second-order valence-corrected chi connectivity index (χ2v) is 2.69. The van der Waals surface area contributed by atoms with Crippen LogP contribution in [0.5, 0.6) is 0 Å². The van der Waals surface area contributed by atoms with E-state index in [1.807, 2.05) is 13.8 Å². The fraction of sp³-hybridized carbons (Fsp3) is 0.286. The van der Waals surface area contributed by atoms with Gasteiger partial charge in [-0.1, -0.05) is 0 Å². The number of aryl methyl sites for hydroxylation is 2. The number of nitrogens with two attached hydrogens (primary N) is 1. The van der Waals surface area contributed by atoms with Crippen LogP contribution in [0.4, 0.5) is 5.95 Å². The SMILES string of the molecule is Cc1nc2c(C)cnc(N)n2n1. The van der Waals surface area contributed by atoms with Crippen LogP contribution in [0.25, 0.3) is 5.65 Å². The lowest BCUT2D eigenvalue weighted by Gasteiger charge is -1.97. The first-order valence-electron chi connectivity index (χ1n) is 3.63. The Balaban J connectivity index is 2.93. The molecule has 0 aliphatic rings. The lowest BCUT2D eigenvalue weighted by atomic mass is 10.4. The molecule has 2 N–H and O–H groups in total. The highest BCUT2D eigenvalue weighted by Gasteiger charge is 2.05. The summed E-state index contributed by atoms with van der Waals surface area (Å²) in [5.41, 5.74) is 7.34. The van der Waals surface area contributed by atoms with Crippen LogP contribution in [0, 0.1) is 13.8 Å². The zero-order chi connectivity index (χ0) is 8.72. The molecule has 2 aromatic heterocycles. The van der Waals surface area contributed by atoms with E-state index >= 15 is 0 Å². The van der Waals surface area contributed by atoms with Gasteiger partial charge in [-0.05, 0) is 13.8 Å². The molecule has 0 unspecified atom stereocenters. The van der Waals surface area contributed by atoms with Gasteiger partial charge in [-0.2, -0.15) is 4.52 Å². The van der Waals surface area contributed by atoms with Crippen molar-refractivity contribution in [1.82, 2.24) is 19.6 Å². The van der Waals surface area contributed by atoms with E-state index in [1.54, 1.807) is 10.7 Å². The normalized spacial score (nSPS) is 10.8. The van der Waals surface area contributed by atoms with Crippen LogP contribution in [0.2, 0.25) is 0 Å². The minimum Gasteiger partial charge on any atom is -0.368 e. The number of nitrogens with zero attached hydrogens (tertiary/aromatic N) is 4. The molecule has 0 bridgehead atoms. The van der Waals surface area contributed by atoms with Crippen LogP contribution in [0.3, 0.4) is 0 Å². The maximum Gasteiger partial charge on any atom is 0.223 e. The molecule has 0 saturated heterocycles. The summed E-state index contributed by atoms with van der Waals surface area (Å²) in [4.78, 5) is 8.16. The van der Waals surface area contributed by atoms with E-state index in [4.69, 9.17) is 5.73 Å². The molecule has 2 aromatic rings. The first-order chi connectivity index (χ1) is 5.68. The Morgan fingerprint density at radius 2 is 2.17 bits per heavy atom. The molecule has 5 nitrogen and oxygen atoms in total. The van der Waals surface area contributed by atoms with Gasteiger partial charge in [0.1, 0.15) is 5.82 Å². The predicted molar refractivity (Wildman–Crippen MR) is 44.7 cm³/mol. The largest absolute Gasteiger partial charge is 0.368 e. The highest BCUT2D eigenvalue weighted by atomic mass is 15.3. The molecule has 2 heterocycles. The smallest absolute Gasteiger partial charge is 0.223 e. The molecule has 0 aliphatic heterocycles. The number of aromatic nitrogens is 4. The first kappa shape index (κ1) is 7.02. The van der Waals surface area contributed by atoms with Crippen LogP contribution in [0.15, 0.2) is 6.20 Å². The van der Waals surface area contributed by atoms with Crippen LogP contribution in [-0.4, -0.2) is 19.6 Å². The second-order valence-electron chi connectivity index (χ2n) is 2.69. The van der Waals surface area contributed by atoms with Crippen LogP contribution in [0.1, 0.15) is 11.4 Å². The summed E-state index contributed by atoms with van der Waals surface area (Å²) in [5.74, 6) is 1.08. The number of hydrogen-bond donors (Lipinski definition) is 1. The van der Waals surface area contributed by atoms with Crippen molar-refractivity contribution in [1.29, 1.82) is 0 Å². The quantitative estimate of drug-likeness (QED) is 0.607. The fourth-order valence-corrected chi connectivity index (χ4v) is 1.11. The molecular formula is C7H9N5. The van der Waals surface area contributed by atoms with Gasteiger partial charge in [0, 0.05) is 11.8 Å². The molecule has 0 amide bonds. The zero-order valence-corrected chi connectivity index (χ0v) is 6.94. The average molecular weight is 163 g/mol. The lowest BCUT2D eigenvalue weighted by molar-refractivity contribution is 0.910. The first-order valence-corrected chi connectivity index (χ1v) is 3.63. The third-order valence-electron chi connectivity index (χ3n) is 1.67. The molecule has 0 spiro atoms. The molecule has 62 valence electrons. The van der Waals surface area contributed by atoms with E-state index in [2.05, 4.69) is 15.1 Å². The van der Waals surface area contributed by atoms with Gasteiger partial charge in [0.05, 0.1) is 0 Å². The van der Waals surface area contributed by atoms with E-state index in [-0.39, 0.29) is 0 Å². The average Bonchev–Trinajstić information content (AvgIpc) is 2.41. The van der Waals surface area contributed by atoms with Gasteiger partial charge in [0.2, 0.25) is 5.95 Å². The van der Waals surface area contributed by atoms with Crippen molar-refractivity contribution >= 4 is 11.6 Å². The van der Waals surface area contributed by atoms with Gasteiger partial charge in [-0.25, -0.2) is 9.97 Å². The van der Waals surface area contributed by atoms with Crippen molar-refractivity contribution in [2.45, 2.75) is 13.8 Å². The van der Waals surface area contributed by atoms with E-state index in [0.717, 1.165) is 11.2 Å². The molecule has 0 saturated carbocycles. The number of rotatable bonds is 0. The second kappa shape index (κ2) is 2.17. The standard InChI is InChI=1S/C7H9N5/c1-4-3-9-7(8)12-6(4)10-5(2)11-12/h3H,1-2H3,(H2,8,9). The Morgan fingerprint density at radius 1 is 1.42 bits per heavy atom. The topological polar surface area (TPSA) is 69.1 Å². The van der Waals surface area contributed by atoms with Crippen LogP contribution < -0.4 is 5.73 Å². The van der Waals surface area contributed by atoms with E-state index in [9.17, 15) is 0 Å². The molecule has 0 radical (unpaired) electrons. The van der Waals surface area contributed by atoms with E-state index in [1.165, 1.54) is 0 Å². The number of hydrogen-bond acceptors (Lipinski definition) is 4. The van der Waals surface area contributed by atoms with Crippen molar-refractivity contribution in [2.75, 3.05) is 5.73 Å². The van der Waals surface area contributed by atoms with Gasteiger partial charge in [0.25, 0.3) is 0 Å². The van der Waals surface area contributed by atoms with Crippen molar-refractivity contribution in [3.8, 4) is 0 Å². The highest BCUT2D eigenvalue weighted by Crippen LogP contribution is 2.08. The monoisotopic (exact) mass is 163 g/mol. The summed E-state index contributed by atoms with van der Waals surface area (Å²) in [7, 11) is 0. The van der Waals surface area contributed by atoms with Crippen molar-refractivity contribution < 1.29 is 0 Å². The van der Waals surface area contributed by atoms with Crippen LogP contribution >= 0.6 is 0 Å². The highest BCUT2D eigenvalue weighted by molar-refractivity contribution is 5.48. The van der Waals surface area contributed by atoms with Crippen molar-refractivity contribution in [2.24, 2.45) is 0 Å². The minimum absolute atomic E-state index is 0.371. The third-order valence-corrected chi connectivity index (χ3v) is 1.67. The van der Waals surface area contributed by atoms with Crippen molar-refractivity contribution in [3.05, 3.63) is 17.6 Å². The van der Waals surface area contributed by atoms with Gasteiger partial charge < -0.3 is 5.73 Å². The van der Waals surface area contributed by atoms with Gasteiger partial charge in [0.15, 0.2) is 5.65 Å². The summed E-state index contributed by atoms with van der Waals surface area (Å²) >= 11 is 0. The zero-order valence-electron chi connectivity index (χ0n) is 6.94.